The van der Waals surface area contributed by atoms with Crippen LogP contribution in [-0.4, -0.2) is 47.5 Å². The zero-order chi connectivity index (χ0) is 21.9. The number of benzene rings is 1. The summed E-state index contributed by atoms with van der Waals surface area (Å²) >= 11 is 5.89. The fourth-order valence-corrected chi connectivity index (χ4v) is 4.70. The number of hydrogen-bond donors (Lipinski definition) is 2. The summed E-state index contributed by atoms with van der Waals surface area (Å²) in [6.07, 6.45) is 3.33. The molecular weight excluding hydrogens is 435 g/mol. The molecule has 0 aliphatic carbocycles. The van der Waals surface area contributed by atoms with Gasteiger partial charge in [0.05, 0.1) is 17.5 Å². The lowest BCUT2D eigenvalue weighted by molar-refractivity contribution is 0.0949. The first-order valence-corrected chi connectivity index (χ1v) is 11.0. The van der Waals surface area contributed by atoms with Crippen molar-refractivity contribution in [2.45, 2.75) is 31.1 Å². The van der Waals surface area contributed by atoms with Gasteiger partial charge in [-0.2, -0.15) is 13.8 Å². The summed E-state index contributed by atoms with van der Waals surface area (Å²) < 4.78 is 40.9. The molecule has 1 aromatic carbocycles. The highest BCUT2D eigenvalue weighted by Crippen LogP contribution is 2.23. The number of hydrogen-bond acceptors (Lipinski definition) is 6. The van der Waals surface area contributed by atoms with E-state index in [4.69, 9.17) is 11.6 Å². The van der Waals surface area contributed by atoms with Gasteiger partial charge in [-0.15, -0.1) is 0 Å². The second-order valence-corrected chi connectivity index (χ2v) is 9.15. The van der Waals surface area contributed by atoms with Crippen LogP contribution in [0.3, 0.4) is 0 Å². The number of phenolic OH excluding ortho intramolecular Hbond substituents is 1. The van der Waals surface area contributed by atoms with Gasteiger partial charge in [-0.05, 0) is 44.0 Å². The van der Waals surface area contributed by atoms with E-state index in [1.54, 1.807) is 0 Å². The topological polar surface area (TPSA) is 112 Å². The fourth-order valence-electron chi connectivity index (χ4n) is 3.04. The Labute approximate surface area is 178 Å². The molecule has 1 aliphatic rings. The predicted octanol–water partition coefficient (Wildman–Crippen LogP) is 2.91. The van der Waals surface area contributed by atoms with Crippen molar-refractivity contribution in [3.63, 3.8) is 0 Å². The molecule has 0 radical (unpaired) electrons. The molecule has 1 saturated heterocycles. The minimum Gasteiger partial charge on any atom is -0.507 e. The Hall–Kier alpha value is -2.56. The number of piperidine rings is 1. The first kappa shape index (κ1) is 22.1. The van der Waals surface area contributed by atoms with Crippen molar-refractivity contribution >= 4 is 33.2 Å². The normalized spacial score (nSPS) is 15.8. The van der Waals surface area contributed by atoms with E-state index in [0.29, 0.717) is 18.1 Å². The molecule has 1 fully saturated rings. The third-order valence-electron chi connectivity index (χ3n) is 4.68. The number of pyridine rings is 1. The van der Waals surface area contributed by atoms with Gasteiger partial charge in [-0.3, -0.25) is 4.79 Å². The Morgan fingerprint density at radius 1 is 1.23 bits per heavy atom. The van der Waals surface area contributed by atoms with Crippen LogP contribution in [0.15, 0.2) is 40.5 Å². The number of halogens is 2. The number of carbonyl (C=O) groups is 1. The molecule has 160 valence electrons. The van der Waals surface area contributed by atoms with Gasteiger partial charge in [0.2, 0.25) is 16.0 Å². The van der Waals surface area contributed by atoms with Crippen LogP contribution in [-0.2, 0) is 10.0 Å². The van der Waals surface area contributed by atoms with Crippen molar-refractivity contribution in [1.29, 1.82) is 0 Å². The Bertz CT molecular complexity index is 1100. The lowest BCUT2D eigenvalue weighted by Crippen LogP contribution is -2.36. The molecule has 0 atom stereocenters. The summed E-state index contributed by atoms with van der Waals surface area (Å²) in [5.74, 6) is -2.20. The fraction of sp³-hybridized carbons (Fsp3) is 0.316. The van der Waals surface area contributed by atoms with Crippen LogP contribution in [0.2, 0.25) is 5.02 Å². The number of rotatable bonds is 5. The molecule has 1 amide bonds. The van der Waals surface area contributed by atoms with E-state index in [9.17, 15) is 22.7 Å². The Morgan fingerprint density at radius 2 is 1.93 bits per heavy atom. The average molecular weight is 455 g/mol. The molecule has 3 rings (SSSR count). The van der Waals surface area contributed by atoms with Crippen LogP contribution in [0.5, 0.6) is 5.75 Å². The molecule has 0 bridgehead atoms. The van der Waals surface area contributed by atoms with Gasteiger partial charge < -0.3 is 5.11 Å². The van der Waals surface area contributed by atoms with E-state index in [0.717, 1.165) is 31.5 Å². The number of hydrazone groups is 1. The lowest BCUT2D eigenvalue weighted by atomic mass is 10.1. The number of phenols is 1. The maximum Gasteiger partial charge on any atom is 0.276 e. The SMILES string of the molecule is C/C(=N\NC(=O)c1cc(S(=O)(=O)N2CCCCC2)cnc1F)c1cc(Cl)ccc1O. The Balaban J connectivity index is 1.84. The molecule has 2 aromatic rings. The van der Waals surface area contributed by atoms with Crippen LogP contribution in [0, 0.1) is 5.95 Å². The van der Waals surface area contributed by atoms with E-state index in [1.807, 2.05) is 0 Å². The second-order valence-electron chi connectivity index (χ2n) is 6.77. The minimum absolute atomic E-state index is 0.0997. The highest BCUT2D eigenvalue weighted by molar-refractivity contribution is 7.89. The first-order valence-electron chi connectivity index (χ1n) is 9.19. The van der Waals surface area contributed by atoms with Gasteiger partial charge in [-0.1, -0.05) is 18.0 Å². The molecule has 1 aromatic heterocycles. The third kappa shape index (κ3) is 4.77. The molecule has 2 N–H and O–H groups in total. The lowest BCUT2D eigenvalue weighted by Gasteiger charge is -2.25. The highest BCUT2D eigenvalue weighted by atomic mass is 35.5. The summed E-state index contributed by atoms with van der Waals surface area (Å²) in [6.45, 7) is 2.25. The van der Waals surface area contributed by atoms with Gasteiger partial charge in [0.15, 0.2) is 0 Å². The number of carbonyl (C=O) groups excluding carboxylic acids is 1. The monoisotopic (exact) mass is 454 g/mol. The summed E-state index contributed by atoms with van der Waals surface area (Å²) in [7, 11) is -3.88. The smallest absolute Gasteiger partial charge is 0.276 e. The molecule has 0 saturated carbocycles. The number of aromatic hydroxyl groups is 1. The first-order chi connectivity index (χ1) is 14.2. The van der Waals surface area contributed by atoms with E-state index < -0.39 is 27.4 Å². The number of sulfonamides is 1. The molecular formula is C19H20ClFN4O4S. The predicted molar refractivity (Wildman–Crippen MR) is 110 cm³/mol. The number of nitrogens with one attached hydrogen (secondary N) is 1. The van der Waals surface area contributed by atoms with Crippen LogP contribution in [0.4, 0.5) is 4.39 Å². The third-order valence-corrected chi connectivity index (χ3v) is 6.78. The van der Waals surface area contributed by atoms with E-state index >= 15 is 0 Å². The van der Waals surface area contributed by atoms with Crippen molar-refractivity contribution in [1.82, 2.24) is 14.7 Å². The van der Waals surface area contributed by atoms with E-state index in [1.165, 1.54) is 29.4 Å². The van der Waals surface area contributed by atoms with Crippen molar-refractivity contribution < 1.29 is 22.7 Å². The highest BCUT2D eigenvalue weighted by Gasteiger charge is 2.28. The quantitative estimate of drug-likeness (QED) is 0.410. The van der Waals surface area contributed by atoms with E-state index in [-0.39, 0.29) is 21.9 Å². The number of nitrogens with zero attached hydrogens (tertiary/aromatic N) is 3. The summed E-state index contributed by atoms with van der Waals surface area (Å²) in [4.78, 5) is 15.6. The Morgan fingerprint density at radius 3 is 2.63 bits per heavy atom. The van der Waals surface area contributed by atoms with Crippen molar-refractivity contribution in [3.8, 4) is 5.75 Å². The zero-order valence-corrected chi connectivity index (χ0v) is 17.7. The molecule has 2 heterocycles. The van der Waals surface area contributed by atoms with Crippen LogP contribution < -0.4 is 5.43 Å². The van der Waals surface area contributed by atoms with Crippen molar-refractivity contribution in [2.75, 3.05) is 13.1 Å². The maximum absolute atomic E-state index is 14.1. The van der Waals surface area contributed by atoms with Gasteiger partial charge >= 0.3 is 0 Å². The summed E-state index contributed by atoms with van der Waals surface area (Å²) in [6, 6.07) is 5.26. The van der Waals surface area contributed by atoms with Crippen LogP contribution in [0.1, 0.15) is 42.1 Å². The van der Waals surface area contributed by atoms with Gasteiger partial charge in [0, 0.05) is 23.7 Å². The average Bonchev–Trinajstić information content (AvgIpc) is 2.74. The standard InChI is InChI=1S/C19H20ClFN4O4S/c1-12(15-9-13(20)5-6-17(15)26)23-24-19(27)16-10-14(11-22-18(16)21)30(28,29)25-7-3-2-4-8-25/h5-6,9-11,26H,2-4,7-8H2,1H3,(H,24,27)/b23-12+. The largest absolute Gasteiger partial charge is 0.507 e. The van der Waals surface area contributed by atoms with Crippen molar-refractivity contribution in [2.24, 2.45) is 5.10 Å². The van der Waals surface area contributed by atoms with Gasteiger partial charge in [-0.25, -0.2) is 18.8 Å². The Kier molecular flexibility index (Phi) is 6.69. The maximum atomic E-state index is 14.1. The van der Waals surface area contributed by atoms with Crippen LogP contribution >= 0.6 is 11.6 Å². The van der Waals surface area contributed by atoms with Gasteiger partial charge in [0.25, 0.3) is 5.91 Å². The molecule has 0 unspecified atom stereocenters. The molecule has 11 heteroatoms. The summed E-state index contributed by atoms with van der Waals surface area (Å²) in [5, 5.41) is 14.1. The molecule has 0 spiro atoms. The molecule has 1 aliphatic heterocycles. The van der Waals surface area contributed by atoms with Crippen LogP contribution in [0.25, 0.3) is 0 Å². The van der Waals surface area contributed by atoms with Gasteiger partial charge in [0.1, 0.15) is 10.6 Å². The zero-order valence-electron chi connectivity index (χ0n) is 16.1. The summed E-state index contributed by atoms with van der Waals surface area (Å²) in [5.41, 5.74) is 2.09. The number of amides is 1. The minimum atomic E-state index is -3.88. The molecule has 30 heavy (non-hydrogen) atoms. The van der Waals surface area contributed by atoms with Crippen molar-refractivity contribution in [3.05, 3.63) is 52.6 Å². The number of aromatic nitrogens is 1. The second kappa shape index (κ2) is 9.07. The van der Waals surface area contributed by atoms with E-state index in [2.05, 4.69) is 15.5 Å². The molecule has 8 nitrogen and oxygen atoms in total.